The first kappa shape index (κ1) is 14.6. The van der Waals surface area contributed by atoms with Crippen LogP contribution in [-0.2, 0) is 0 Å². The highest BCUT2D eigenvalue weighted by molar-refractivity contribution is 6.35. The molecule has 0 aliphatic heterocycles. The van der Waals surface area contributed by atoms with Crippen molar-refractivity contribution in [3.8, 4) is 5.75 Å². The predicted molar refractivity (Wildman–Crippen MR) is 74.3 cm³/mol. The molecule has 0 bridgehead atoms. The van der Waals surface area contributed by atoms with Crippen molar-refractivity contribution in [2.75, 3.05) is 13.2 Å². The van der Waals surface area contributed by atoms with Crippen LogP contribution in [-0.4, -0.2) is 19.2 Å². The summed E-state index contributed by atoms with van der Waals surface area (Å²) in [6.07, 6.45) is 0. The fraction of sp³-hybridized carbons (Fsp3) is 0.538. The third kappa shape index (κ3) is 5.62. The van der Waals surface area contributed by atoms with E-state index in [9.17, 15) is 0 Å². The van der Waals surface area contributed by atoms with Crippen LogP contribution in [0, 0.1) is 5.92 Å². The largest absolute Gasteiger partial charge is 0.492 e. The second-order valence-electron chi connectivity index (χ2n) is 4.55. The minimum atomic E-state index is 0.434. The zero-order chi connectivity index (χ0) is 12.8. The van der Waals surface area contributed by atoms with Gasteiger partial charge in [0.05, 0.1) is 11.6 Å². The van der Waals surface area contributed by atoms with Crippen LogP contribution in [0.5, 0.6) is 5.75 Å². The highest BCUT2D eigenvalue weighted by Gasteiger charge is 2.06. The zero-order valence-corrected chi connectivity index (χ0v) is 12.0. The first-order chi connectivity index (χ1) is 7.99. The fourth-order valence-corrected chi connectivity index (χ4v) is 1.78. The van der Waals surface area contributed by atoms with Crippen molar-refractivity contribution < 1.29 is 4.74 Å². The van der Waals surface area contributed by atoms with Gasteiger partial charge < -0.3 is 10.1 Å². The molecule has 17 heavy (non-hydrogen) atoms. The molecule has 0 aliphatic rings. The summed E-state index contributed by atoms with van der Waals surface area (Å²) < 4.78 is 5.66. The SMILES string of the molecule is CC(CNC(C)C)COc1ccc(Cl)cc1Cl. The van der Waals surface area contributed by atoms with Gasteiger partial charge in [0.15, 0.2) is 0 Å². The highest BCUT2D eigenvalue weighted by atomic mass is 35.5. The summed E-state index contributed by atoms with van der Waals surface area (Å²) >= 11 is 11.8. The van der Waals surface area contributed by atoms with Crippen molar-refractivity contribution in [2.45, 2.75) is 26.8 Å². The Morgan fingerprint density at radius 2 is 1.94 bits per heavy atom. The Morgan fingerprint density at radius 1 is 1.24 bits per heavy atom. The van der Waals surface area contributed by atoms with E-state index in [1.165, 1.54) is 0 Å². The maximum Gasteiger partial charge on any atom is 0.137 e. The molecule has 1 unspecified atom stereocenters. The number of hydrogen-bond acceptors (Lipinski definition) is 2. The zero-order valence-electron chi connectivity index (χ0n) is 10.5. The minimum Gasteiger partial charge on any atom is -0.492 e. The summed E-state index contributed by atoms with van der Waals surface area (Å²) in [4.78, 5) is 0. The molecule has 1 rings (SSSR count). The van der Waals surface area contributed by atoms with Gasteiger partial charge in [0.2, 0.25) is 0 Å². The molecule has 2 nitrogen and oxygen atoms in total. The summed E-state index contributed by atoms with van der Waals surface area (Å²) in [6, 6.07) is 5.76. The van der Waals surface area contributed by atoms with Crippen molar-refractivity contribution in [3.63, 3.8) is 0 Å². The molecule has 1 atom stereocenters. The third-order valence-electron chi connectivity index (χ3n) is 2.29. The Kier molecular flexibility index (Phi) is 6.10. The van der Waals surface area contributed by atoms with E-state index < -0.39 is 0 Å². The first-order valence-corrected chi connectivity index (χ1v) is 6.56. The molecule has 0 saturated carbocycles. The van der Waals surface area contributed by atoms with E-state index >= 15 is 0 Å². The van der Waals surface area contributed by atoms with Gasteiger partial charge in [-0.15, -0.1) is 0 Å². The molecule has 0 aliphatic carbocycles. The van der Waals surface area contributed by atoms with Crippen LogP contribution in [0.1, 0.15) is 20.8 Å². The van der Waals surface area contributed by atoms with E-state index in [0.717, 1.165) is 6.54 Å². The first-order valence-electron chi connectivity index (χ1n) is 5.80. The lowest BCUT2D eigenvalue weighted by Gasteiger charge is -2.16. The molecule has 0 fully saturated rings. The van der Waals surface area contributed by atoms with Gasteiger partial charge in [-0.2, -0.15) is 0 Å². The maximum absolute atomic E-state index is 6.02. The van der Waals surface area contributed by atoms with E-state index in [2.05, 4.69) is 26.1 Å². The molecule has 1 aromatic rings. The standard InChI is InChI=1S/C13H19Cl2NO/c1-9(2)16-7-10(3)8-17-13-5-4-11(14)6-12(13)15/h4-6,9-10,16H,7-8H2,1-3H3. The molecule has 96 valence electrons. The van der Waals surface area contributed by atoms with Gasteiger partial charge in [-0.25, -0.2) is 0 Å². The molecule has 0 spiro atoms. The molecule has 0 heterocycles. The molecule has 1 aromatic carbocycles. The van der Waals surface area contributed by atoms with Crippen LogP contribution in [0.25, 0.3) is 0 Å². The Morgan fingerprint density at radius 3 is 2.53 bits per heavy atom. The molecule has 0 saturated heterocycles. The average molecular weight is 276 g/mol. The van der Waals surface area contributed by atoms with Gasteiger partial charge in [-0.3, -0.25) is 0 Å². The van der Waals surface area contributed by atoms with E-state index in [4.69, 9.17) is 27.9 Å². The van der Waals surface area contributed by atoms with Crippen LogP contribution in [0.15, 0.2) is 18.2 Å². The number of benzene rings is 1. The molecule has 0 amide bonds. The monoisotopic (exact) mass is 275 g/mol. The molecular weight excluding hydrogens is 257 g/mol. The molecule has 4 heteroatoms. The number of rotatable bonds is 6. The van der Waals surface area contributed by atoms with Crippen molar-refractivity contribution >= 4 is 23.2 Å². The number of halogens is 2. The molecule has 1 N–H and O–H groups in total. The summed E-state index contributed by atoms with van der Waals surface area (Å²) in [7, 11) is 0. The minimum absolute atomic E-state index is 0.434. The number of nitrogens with one attached hydrogen (secondary N) is 1. The summed E-state index contributed by atoms with van der Waals surface area (Å²) in [5.41, 5.74) is 0. The predicted octanol–water partition coefficient (Wildman–Crippen LogP) is 4.01. The lowest BCUT2D eigenvalue weighted by atomic mass is 10.2. The summed E-state index contributed by atoms with van der Waals surface area (Å²) in [5, 5.41) is 4.55. The van der Waals surface area contributed by atoms with E-state index in [-0.39, 0.29) is 0 Å². The van der Waals surface area contributed by atoms with Gasteiger partial charge >= 0.3 is 0 Å². The molecule has 0 radical (unpaired) electrons. The van der Waals surface area contributed by atoms with Crippen molar-refractivity contribution in [3.05, 3.63) is 28.2 Å². The normalized spacial score (nSPS) is 12.8. The van der Waals surface area contributed by atoms with Crippen LogP contribution in [0.2, 0.25) is 10.0 Å². The van der Waals surface area contributed by atoms with Crippen LogP contribution in [0.4, 0.5) is 0 Å². The van der Waals surface area contributed by atoms with Gasteiger partial charge in [-0.05, 0) is 18.2 Å². The Hall–Kier alpha value is -0.440. The lowest BCUT2D eigenvalue weighted by Crippen LogP contribution is -2.30. The third-order valence-corrected chi connectivity index (χ3v) is 2.82. The van der Waals surface area contributed by atoms with Crippen LogP contribution >= 0.6 is 23.2 Å². The van der Waals surface area contributed by atoms with Crippen LogP contribution in [0.3, 0.4) is 0 Å². The van der Waals surface area contributed by atoms with Crippen molar-refractivity contribution in [1.82, 2.24) is 5.32 Å². The second-order valence-corrected chi connectivity index (χ2v) is 5.40. The summed E-state index contributed by atoms with van der Waals surface area (Å²) in [5.74, 6) is 1.12. The quantitative estimate of drug-likeness (QED) is 0.847. The smallest absolute Gasteiger partial charge is 0.137 e. The summed E-state index contributed by atoms with van der Waals surface area (Å²) in [6.45, 7) is 7.97. The van der Waals surface area contributed by atoms with Crippen LogP contribution < -0.4 is 10.1 Å². The van der Waals surface area contributed by atoms with Crippen molar-refractivity contribution in [1.29, 1.82) is 0 Å². The van der Waals surface area contributed by atoms with E-state index in [1.54, 1.807) is 18.2 Å². The average Bonchev–Trinajstić information content (AvgIpc) is 2.25. The maximum atomic E-state index is 6.02. The Bertz CT molecular complexity index is 355. The molecular formula is C13H19Cl2NO. The lowest BCUT2D eigenvalue weighted by molar-refractivity contribution is 0.253. The van der Waals surface area contributed by atoms with Gasteiger partial charge in [0.25, 0.3) is 0 Å². The Balaban J connectivity index is 2.39. The van der Waals surface area contributed by atoms with Crippen molar-refractivity contribution in [2.24, 2.45) is 5.92 Å². The molecule has 0 aromatic heterocycles. The number of ether oxygens (including phenoxy) is 1. The highest BCUT2D eigenvalue weighted by Crippen LogP contribution is 2.27. The van der Waals surface area contributed by atoms with E-state index in [1.807, 2.05) is 0 Å². The van der Waals surface area contributed by atoms with E-state index in [0.29, 0.717) is 34.4 Å². The van der Waals surface area contributed by atoms with Gasteiger partial charge in [0, 0.05) is 23.5 Å². The Labute approximate surface area is 113 Å². The number of hydrogen-bond donors (Lipinski definition) is 1. The second kappa shape index (κ2) is 7.10. The topological polar surface area (TPSA) is 21.3 Å². The van der Waals surface area contributed by atoms with Gasteiger partial charge in [0.1, 0.15) is 5.75 Å². The van der Waals surface area contributed by atoms with Gasteiger partial charge in [-0.1, -0.05) is 44.0 Å². The fourth-order valence-electron chi connectivity index (χ4n) is 1.32.